The average molecular weight is 347 g/mol. The third-order valence-corrected chi connectivity index (χ3v) is 5.06. The van der Waals surface area contributed by atoms with E-state index in [1.54, 1.807) is 7.11 Å². The van der Waals surface area contributed by atoms with Gasteiger partial charge in [0.05, 0.1) is 11.2 Å². The summed E-state index contributed by atoms with van der Waals surface area (Å²) in [5.41, 5.74) is -3.09. The predicted molar refractivity (Wildman–Crippen MR) is 81.8 cm³/mol. The summed E-state index contributed by atoms with van der Waals surface area (Å²) in [6, 6.07) is -0.368. The van der Waals surface area contributed by atoms with Crippen molar-refractivity contribution in [1.29, 1.82) is 0 Å². The van der Waals surface area contributed by atoms with Crippen molar-refractivity contribution in [2.45, 2.75) is 45.0 Å². The first-order valence-electron chi connectivity index (χ1n) is 7.33. The van der Waals surface area contributed by atoms with Gasteiger partial charge in [-0.25, -0.2) is 4.79 Å². The fraction of sp³-hybridized carbons (Fsp3) is 0.600. The number of carbonyl (C=O) groups is 1. The van der Waals surface area contributed by atoms with Gasteiger partial charge in [-0.15, -0.1) is 0 Å². The van der Waals surface area contributed by atoms with Crippen LogP contribution in [0.5, 0.6) is 0 Å². The average Bonchev–Trinajstić information content (AvgIpc) is 2.47. The number of nitrogens with one attached hydrogen (secondary N) is 3. The second-order valence-corrected chi connectivity index (χ2v) is 6.64. The van der Waals surface area contributed by atoms with Gasteiger partial charge in [-0.1, -0.05) is 13.8 Å². The highest BCUT2D eigenvalue weighted by atomic mass is 19.4. The number of anilines is 1. The summed E-state index contributed by atoms with van der Waals surface area (Å²) in [6.07, 6.45) is -3.50. The second-order valence-electron chi connectivity index (χ2n) is 6.64. The molecule has 0 bridgehead atoms. The number of H-pyrrole nitrogens is 1. The Morgan fingerprint density at radius 2 is 2.00 bits per heavy atom. The number of hydrogen-bond donors (Lipinski definition) is 3. The minimum Gasteiger partial charge on any atom is -0.378 e. The van der Waals surface area contributed by atoms with Gasteiger partial charge in [-0.05, 0) is 19.4 Å². The van der Waals surface area contributed by atoms with Gasteiger partial charge in [0.2, 0.25) is 0 Å². The maximum absolute atomic E-state index is 12.7. The predicted octanol–water partition coefficient (Wildman–Crippen LogP) is 2.72. The van der Waals surface area contributed by atoms with E-state index in [4.69, 9.17) is 4.74 Å². The Morgan fingerprint density at radius 3 is 2.50 bits per heavy atom. The summed E-state index contributed by atoms with van der Waals surface area (Å²) in [5.74, 6) is 0. The first-order valence-corrected chi connectivity index (χ1v) is 7.33. The number of rotatable bonds is 3. The molecule has 1 saturated carbocycles. The highest BCUT2D eigenvalue weighted by Crippen LogP contribution is 2.51. The lowest BCUT2D eigenvalue weighted by Crippen LogP contribution is -2.69. The Balaban J connectivity index is 2.08. The number of urea groups is 1. The summed E-state index contributed by atoms with van der Waals surface area (Å²) in [5, 5.41) is 4.84. The number of amides is 2. The van der Waals surface area contributed by atoms with Crippen molar-refractivity contribution in [2.75, 3.05) is 12.4 Å². The number of halogens is 3. The van der Waals surface area contributed by atoms with Gasteiger partial charge in [-0.2, -0.15) is 13.2 Å². The number of aromatic amines is 1. The number of hydrogen-bond acceptors (Lipinski definition) is 3. The number of pyridine rings is 1. The van der Waals surface area contributed by atoms with Crippen LogP contribution < -0.4 is 16.2 Å². The molecular formula is C15H20F3N3O3. The summed E-state index contributed by atoms with van der Waals surface area (Å²) in [7, 11) is 1.58. The minimum atomic E-state index is -4.62. The fourth-order valence-electron chi connectivity index (χ4n) is 2.78. The second kappa shape index (κ2) is 5.80. The van der Waals surface area contributed by atoms with Crippen LogP contribution in [0.3, 0.4) is 0 Å². The molecule has 2 rings (SSSR count). The van der Waals surface area contributed by atoms with E-state index in [-0.39, 0.29) is 11.5 Å². The van der Waals surface area contributed by atoms with E-state index >= 15 is 0 Å². The molecule has 1 aliphatic carbocycles. The normalized spacial score (nSPS) is 25.7. The van der Waals surface area contributed by atoms with Crippen LogP contribution in [-0.4, -0.2) is 29.8 Å². The SMILES string of the molecule is CO[C@]1(C)C[C@H](NC(=O)Nc2cc(C(F)(F)F)c[nH]c2=O)C1(C)C. The van der Waals surface area contributed by atoms with E-state index in [0.29, 0.717) is 18.7 Å². The molecule has 0 radical (unpaired) electrons. The molecule has 1 aromatic heterocycles. The van der Waals surface area contributed by atoms with Crippen LogP contribution in [0.4, 0.5) is 23.7 Å². The van der Waals surface area contributed by atoms with E-state index in [2.05, 4.69) is 10.6 Å². The highest BCUT2D eigenvalue weighted by molar-refractivity contribution is 5.89. The lowest BCUT2D eigenvalue weighted by Gasteiger charge is -2.59. The van der Waals surface area contributed by atoms with E-state index < -0.39 is 34.6 Å². The van der Waals surface area contributed by atoms with E-state index in [1.165, 1.54) is 0 Å². The summed E-state index contributed by atoms with van der Waals surface area (Å²) in [4.78, 5) is 25.6. The van der Waals surface area contributed by atoms with Crippen LogP contribution in [0, 0.1) is 5.41 Å². The third-order valence-electron chi connectivity index (χ3n) is 5.06. The number of ether oxygens (including phenoxy) is 1. The van der Waals surface area contributed by atoms with Crippen LogP contribution >= 0.6 is 0 Å². The largest absolute Gasteiger partial charge is 0.417 e. The number of carbonyl (C=O) groups excluding carboxylic acids is 1. The summed E-state index contributed by atoms with van der Waals surface area (Å²) < 4.78 is 43.5. The quantitative estimate of drug-likeness (QED) is 0.786. The zero-order valence-corrected chi connectivity index (χ0v) is 13.8. The maximum atomic E-state index is 12.7. The molecule has 1 fully saturated rings. The monoisotopic (exact) mass is 347 g/mol. The third kappa shape index (κ3) is 3.12. The minimum absolute atomic E-state index is 0.229. The van der Waals surface area contributed by atoms with Gasteiger partial charge in [-0.3, -0.25) is 4.79 Å². The van der Waals surface area contributed by atoms with E-state index in [0.717, 1.165) is 0 Å². The maximum Gasteiger partial charge on any atom is 0.417 e. The van der Waals surface area contributed by atoms with Gasteiger partial charge in [0, 0.05) is 24.8 Å². The molecule has 1 heterocycles. The molecule has 1 aliphatic rings. The Labute approximate surface area is 136 Å². The van der Waals surface area contributed by atoms with Gasteiger partial charge < -0.3 is 20.4 Å². The first kappa shape index (κ1) is 18.3. The zero-order valence-electron chi connectivity index (χ0n) is 13.8. The molecule has 0 aliphatic heterocycles. The molecule has 0 aromatic carbocycles. The Hall–Kier alpha value is -2.03. The standard InChI is InChI=1S/C15H20F3N3O3/c1-13(2)10(6-14(13,3)24-4)21-12(23)20-9-5-8(15(16,17)18)7-19-11(9)22/h5,7,10H,6H2,1-4H3,(H,19,22)(H2,20,21,23)/t10-,14+/m0/s1. The van der Waals surface area contributed by atoms with Crippen LogP contribution in [0.15, 0.2) is 17.1 Å². The van der Waals surface area contributed by atoms with Gasteiger partial charge in [0.15, 0.2) is 0 Å². The Morgan fingerprint density at radius 1 is 1.38 bits per heavy atom. The lowest BCUT2D eigenvalue weighted by molar-refractivity contribution is -0.177. The van der Waals surface area contributed by atoms with Crippen molar-refractivity contribution in [2.24, 2.45) is 5.41 Å². The molecule has 2 atom stereocenters. The van der Waals surface area contributed by atoms with Crippen molar-refractivity contribution < 1.29 is 22.7 Å². The first-order chi connectivity index (χ1) is 10.9. The van der Waals surface area contributed by atoms with Gasteiger partial charge >= 0.3 is 12.2 Å². The fourth-order valence-corrected chi connectivity index (χ4v) is 2.78. The van der Waals surface area contributed by atoms with E-state index in [1.807, 2.05) is 25.8 Å². The molecule has 1 aromatic rings. The Bertz CT molecular complexity index is 699. The van der Waals surface area contributed by atoms with Crippen LogP contribution in [0.1, 0.15) is 32.8 Å². The zero-order chi connectivity index (χ0) is 18.3. The molecule has 6 nitrogen and oxygen atoms in total. The smallest absolute Gasteiger partial charge is 0.378 e. The molecule has 0 unspecified atom stereocenters. The van der Waals surface area contributed by atoms with Gasteiger partial charge in [0.25, 0.3) is 5.56 Å². The molecule has 9 heteroatoms. The van der Waals surface area contributed by atoms with Crippen molar-refractivity contribution in [3.8, 4) is 0 Å². The van der Waals surface area contributed by atoms with Gasteiger partial charge in [0.1, 0.15) is 5.69 Å². The van der Waals surface area contributed by atoms with Crippen molar-refractivity contribution in [1.82, 2.24) is 10.3 Å². The number of alkyl halides is 3. The molecule has 0 saturated heterocycles. The number of aromatic nitrogens is 1. The molecule has 2 amide bonds. The molecule has 3 N–H and O–H groups in total. The van der Waals surface area contributed by atoms with Crippen LogP contribution in [0.2, 0.25) is 0 Å². The number of methoxy groups -OCH3 is 1. The lowest BCUT2D eigenvalue weighted by atomic mass is 9.56. The van der Waals surface area contributed by atoms with Crippen molar-refractivity contribution in [3.05, 3.63) is 28.2 Å². The van der Waals surface area contributed by atoms with Crippen molar-refractivity contribution >= 4 is 11.7 Å². The highest BCUT2D eigenvalue weighted by Gasteiger charge is 2.58. The van der Waals surface area contributed by atoms with Crippen LogP contribution in [-0.2, 0) is 10.9 Å². The molecule has 24 heavy (non-hydrogen) atoms. The Kier molecular flexibility index (Phi) is 4.43. The van der Waals surface area contributed by atoms with E-state index in [9.17, 15) is 22.8 Å². The summed E-state index contributed by atoms with van der Waals surface area (Å²) >= 11 is 0. The molecule has 0 spiro atoms. The van der Waals surface area contributed by atoms with Crippen LogP contribution in [0.25, 0.3) is 0 Å². The summed E-state index contributed by atoms with van der Waals surface area (Å²) in [6.45, 7) is 5.75. The molecule has 134 valence electrons. The molecular weight excluding hydrogens is 327 g/mol. The van der Waals surface area contributed by atoms with Crippen molar-refractivity contribution in [3.63, 3.8) is 0 Å². The topological polar surface area (TPSA) is 83.2 Å².